The SMILES string of the molecule is O=C(Cc1ccccc1F)Nc1ccccc1-c1cn2ccccc2n1. The third kappa shape index (κ3) is 3.19. The van der Waals surface area contributed by atoms with E-state index in [1.165, 1.54) is 6.07 Å². The van der Waals surface area contributed by atoms with Gasteiger partial charge in [-0.2, -0.15) is 0 Å². The van der Waals surface area contributed by atoms with Crippen molar-refractivity contribution in [1.82, 2.24) is 9.38 Å². The van der Waals surface area contributed by atoms with E-state index in [0.717, 1.165) is 16.9 Å². The molecule has 0 atom stereocenters. The van der Waals surface area contributed by atoms with Crippen LogP contribution in [0.5, 0.6) is 0 Å². The molecule has 0 spiro atoms. The number of halogens is 1. The average molecular weight is 345 g/mol. The van der Waals surface area contributed by atoms with Gasteiger partial charge < -0.3 is 9.72 Å². The lowest BCUT2D eigenvalue weighted by Gasteiger charge is -2.10. The summed E-state index contributed by atoms with van der Waals surface area (Å²) in [5, 5.41) is 2.87. The van der Waals surface area contributed by atoms with E-state index in [2.05, 4.69) is 10.3 Å². The first-order chi connectivity index (χ1) is 12.7. The van der Waals surface area contributed by atoms with Crippen LogP contribution in [0.25, 0.3) is 16.9 Å². The highest BCUT2D eigenvalue weighted by Gasteiger charge is 2.13. The standard InChI is InChI=1S/C21H16FN3O/c22-17-9-3-1-7-15(17)13-21(26)24-18-10-4-2-8-16(18)19-14-25-12-6-5-11-20(25)23-19/h1-12,14H,13H2,(H,24,26). The van der Waals surface area contributed by atoms with E-state index in [1.807, 2.05) is 59.3 Å². The van der Waals surface area contributed by atoms with Crippen LogP contribution in [0.15, 0.2) is 79.1 Å². The lowest BCUT2D eigenvalue weighted by Crippen LogP contribution is -2.15. The minimum Gasteiger partial charge on any atom is -0.325 e. The number of anilines is 1. The number of hydrogen-bond acceptors (Lipinski definition) is 2. The lowest BCUT2D eigenvalue weighted by molar-refractivity contribution is -0.115. The summed E-state index contributed by atoms with van der Waals surface area (Å²) >= 11 is 0. The number of para-hydroxylation sites is 1. The van der Waals surface area contributed by atoms with Gasteiger partial charge in [0.05, 0.1) is 17.8 Å². The van der Waals surface area contributed by atoms with Crippen LogP contribution in [0.2, 0.25) is 0 Å². The molecule has 0 saturated carbocycles. The van der Waals surface area contributed by atoms with E-state index in [-0.39, 0.29) is 18.1 Å². The van der Waals surface area contributed by atoms with Crippen molar-refractivity contribution in [2.45, 2.75) is 6.42 Å². The summed E-state index contributed by atoms with van der Waals surface area (Å²) in [6.45, 7) is 0. The predicted octanol–water partition coefficient (Wildman–Crippen LogP) is 4.32. The van der Waals surface area contributed by atoms with Crippen molar-refractivity contribution < 1.29 is 9.18 Å². The van der Waals surface area contributed by atoms with Crippen molar-refractivity contribution in [3.63, 3.8) is 0 Å². The Kier molecular flexibility index (Phi) is 4.19. The second kappa shape index (κ2) is 6.80. The number of carbonyl (C=O) groups is 1. The molecular formula is C21H16FN3O. The Morgan fingerprint density at radius 3 is 2.62 bits per heavy atom. The third-order valence-corrected chi connectivity index (χ3v) is 4.15. The highest BCUT2D eigenvalue weighted by Crippen LogP contribution is 2.27. The minimum atomic E-state index is -0.378. The largest absolute Gasteiger partial charge is 0.325 e. The van der Waals surface area contributed by atoms with Gasteiger partial charge in [0.25, 0.3) is 0 Å². The van der Waals surface area contributed by atoms with E-state index >= 15 is 0 Å². The first-order valence-corrected chi connectivity index (χ1v) is 8.27. The van der Waals surface area contributed by atoms with E-state index in [0.29, 0.717) is 11.3 Å². The van der Waals surface area contributed by atoms with Gasteiger partial charge in [0.1, 0.15) is 11.5 Å². The minimum absolute atomic E-state index is 0.0217. The van der Waals surface area contributed by atoms with Gasteiger partial charge in [0.2, 0.25) is 5.91 Å². The van der Waals surface area contributed by atoms with Gasteiger partial charge in [0, 0.05) is 18.0 Å². The molecule has 1 amide bonds. The normalized spacial score (nSPS) is 10.8. The summed E-state index contributed by atoms with van der Waals surface area (Å²) in [6.07, 6.45) is 3.81. The molecule has 2 aromatic heterocycles. The van der Waals surface area contributed by atoms with E-state index in [1.54, 1.807) is 18.2 Å². The van der Waals surface area contributed by atoms with Gasteiger partial charge in [-0.3, -0.25) is 4.79 Å². The molecule has 0 fully saturated rings. The summed E-state index contributed by atoms with van der Waals surface area (Å²) in [6, 6.07) is 19.5. The molecule has 2 aromatic carbocycles. The number of carbonyl (C=O) groups excluding carboxylic acids is 1. The maximum Gasteiger partial charge on any atom is 0.228 e. The maximum absolute atomic E-state index is 13.8. The highest BCUT2D eigenvalue weighted by atomic mass is 19.1. The first kappa shape index (κ1) is 16.0. The molecule has 4 rings (SSSR count). The smallest absolute Gasteiger partial charge is 0.228 e. The third-order valence-electron chi connectivity index (χ3n) is 4.15. The number of amides is 1. The fourth-order valence-electron chi connectivity index (χ4n) is 2.89. The number of rotatable bonds is 4. The Balaban J connectivity index is 1.61. The van der Waals surface area contributed by atoms with Crippen LogP contribution in [0.4, 0.5) is 10.1 Å². The Hall–Kier alpha value is -3.47. The second-order valence-corrected chi connectivity index (χ2v) is 5.95. The second-order valence-electron chi connectivity index (χ2n) is 5.95. The van der Waals surface area contributed by atoms with E-state index in [9.17, 15) is 9.18 Å². The Morgan fingerprint density at radius 2 is 1.77 bits per heavy atom. The molecule has 1 N–H and O–H groups in total. The van der Waals surface area contributed by atoms with Crippen molar-refractivity contribution >= 4 is 17.2 Å². The van der Waals surface area contributed by atoms with Gasteiger partial charge in [-0.1, -0.05) is 42.5 Å². The van der Waals surface area contributed by atoms with Crippen LogP contribution in [0.3, 0.4) is 0 Å². The number of aromatic nitrogens is 2. The molecule has 0 aliphatic carbocycles. The Morgan fingerprint density at radius 1 is 1.00 bits per heavy atom. The summed E-state index contributed by atoms with van der Waals surface area (Å²) in [7, 11) is 0. The molecule has 0 unspecified atom stereocenters. The number of nitrogens with one attached hydrogen (secondary N) is 1. The summed E-state index contributed by atoms with van der Waals surface area (Å²) in [5.74, 6) is -0.650. The van der Waals surface area contributed by atoms with Crippen LogP contribution >= 0.6 is 0 Å². The van der Waals surface area contributed by atoms with Crippen molar-refractivity contribution in [1.29, 1.82) is 0 Å². The first-order valence-electron chi connectivity index (χ1n) is 8.27. The van der Waals surface area contributed by atoms with Gasteiger partial charge >= 0.3 is 0 Å². The number of benzene rings is 2. The number of pyridine rings is 1. The van der Waals surface area contributed by atoms with E-state index in [4.69, 9.17) is 0 Å². The van der Waals surface area contributed by atoms with Crippen molar-refractivity contribution in [2.75, 3.05) is 5.32 Å². The predicted molar refractivity (Wildman–Crippen MR) is 99.4 cm³/mol. The van der Waals surface area contributed by atoms with Crippen LogP contribution in [0.1, 0.15) is 5.56 Å². The zero-order valence-corrected chi connectivity index (χ0v) is 13.9. The van der Waals surface area contributed by atoms with Crippen molar-refractivity contribution in [2.24, 2.45) is 0 Å². The van der Waals surface area contributed by atoms with Gasteiger partial charge in [0.15, 0.2) is 0 Å². The zero-order chi connectivity index (χ0) is 17.9. The zero-order valence-electron chi connectivity index (χ0n) is 13.9. The van der Waals surface area contributed by atoms with Gasteiger partial charge in [-0.25, -0.2) is 9.37 Å². The molecule has 0 aliphatic rings. The number of hydrogen-bond donors (Lipinski definition) is 1. The molecular weight excluding hydrogens is 329 g/mol. The van der Waals surface area contributed by atoms with Gasteiger partial charge in [-0.15, -0.1) is 0 Å². The fourth-order valence-corrected chi connectivity index (χ4v) is 2.89. The fraction of sp³-hybridized carbons (Fsp3) is 0.0476. The van der Waals surface area contributed by atoms with E-state index < -0.39 is 0 Å². The monoisotopic (exact) mass is 345 g/mol. The maximum atomic E-state index is 13.8. The topological polar surface area (TPSA) is 46.4 Å². The average Bonchev–Trinajstić information content (AvgIpc) is 3.08. The number of imidazole rings is 1. The molecule has 4 nitrogen and oxygen atoms in total. The van der Waals surface area contributed by atoms with Gasteiger partial charge in [-0.05, 0) is 29.8 Å². The molecule has 2 heterocycles. The summed E-state index contributed by atoms with van der Waals surface area (Å²) in [4.78, 5) is 17.0. The van der Waals surface area contributed by atoms with Crippen LogP contribution < -0.4 is 5.32 Å². The Bertz CT molecular complexity index is 1050. The molecule has 0 bridgehead atoms. The molecule has 128 valence electrons. The van der Waals surface area contributed by atoms with Crippen LogP contribution in [-0.2, 0) is 11.2 Å². The molecule has 0 aliphatic heterocycles. The van der Waals surface area contributed by atoms with Crippen LogP contribution in [-0.4, -0.2) is 15.3 Å². The number of nitrogens with zero attached hydrogens (tertiary/aromatic N) is 2. The van der Waals surface area contributed by atoms with Crippen LogP contribution in [0, 0.1) is 5.82 Å². The Labute approximate surface area is 149 Å². The molecule has 5 heteroatoms. The molecule has 0 radical (unpaired) electrons. The molecule has 0 saturated heterocycles. The summed E-state index contributed by atoms with van der Waals surface area (Å²) in [5.41, 5.74) is 3.43. The molecule has 26 heavy (non-hydrogen) atoms. The number of fused-ring (bicyclic) bond motifs is 1. The molecule has 4 aromatic rings. The quantitative estimate of drug-likeness (QED) is 0.599. The summed E-state index contributed by atoms with van der Waals surface area (Å²) < 4.78 is 15.7. The van der Waals surface area contributed by atoms with Crippen molar-refractivity contribution in [3.05, 3.63) is 90.5 Å². The lowest BCUT2D eigenvalue weighted by atomic mass is 10.1. The van der Waals surface area contributed by atoms with Crippen molar-refractivity contribution in [3.8, 4) is 11.3 Å². The highest BCUT2D eigenvalue weighted by molar-refractivity contribution is 5.96.